The molecule has 1 aromatic heterocycles. The van der Waals surface area contributed by atoms with Crippen molar-refractivity contribution >= 4 is 45.4 Å². The van der Waals surface area contributed by atoms with E-state index in [0.717, 1.165) is 17.8 Å². The number of aromatic nitrogens is 1. The molecule has 5 rings (SSSR count). The normalized spacial score (nSPS) is 17.6. The van der Waals surface area contributed by atoms with Crippen molar-refractivity contribution in [1.29, 1.82) is 0 Å². The van der Waals surface area contributed by atoms with Crippen LogP contribution in [0.5, 0.6) is 0 Å². The summed E-state index contributed by atoms with van der Waals surface area (Å²) in [5.74, 6) is -1.75. The fourth-order valence-corrected chi connectivity index (χ4v) is 7.09. The first-order valence-corrected chi connectivity index (χ1v) is 14.8. The molecule has 212 valence electrons. The van der Waals surface area contributed by atoms with Crippen LogP contribution in [0.3, 0.4) is 0 Å². The van der Waals surface area contributed by atoms with Gasteiger partial charge in [-0.05, 0) is 62.2 Å². The molecule has 2 aromatic carbocycles. The summed E-state index contributed by atoms with van der Waals surface area (Å²) < 4.78 is 60.9. The average molecular weight is 591 g/mol. The zero-order valence-corrected chi connectivity index (χ0v) is 23.5. The average Bonchev–Trinajstić information content (AvgIpc) is 3.33. The number of piperazine rings is 1. The van der Waals surface area contributed by atoms with E-state index in [-0.39, 0.29) is 46.8 Å². The van der Waals surface area contributed by atoms with E-state index in [1.807, 2.05) is 29.2 Å². The summed E-state index contributed by atoms with van der Waals surface area (Å²) >= 11 is 6.11. The monoisotopic (exact) mass is 590 g/mol. The van der Waals surface area contributed by atoms with Crippen LogP contribution in [0.15, 0.2) is 51.9 Å². The van der Waals surface area contributed by atoms with Crippen molar-refractivity contribution in [3.63, 3.8) is 0 Å². The van der Waals surface area contributed by atoms with E-state index >= 15 is 0 Å². The summed E-state index contributed by atoms with van der Waals surface area (Å²) in [4.78, 5) is 17.2. The second-order valence-electron chi connectivity index (χ2n) is 9.93. The molecule has 2 saturated heterocycles. The van der Waals surface area contributed by atoms with Crippen molar-refractivity contribution in [2.45, 2.75) is 24.7 Å². The molecular weight excluding hydrogens is 562 g/mol. The van der Waals surface area contributed by atoms with Gasteiger partial charge in [-0.1, -0.05) is 22.8 Å². The number of halogens is 3. The topological polar surface area (TPSA) is 87.0 Å². The summed E-state index contributed by atoms with van der Waals surface area (Å²) in [6, 6.07) is 10.7. The Kier molecular flexibility index (Phi) is 8.25. The summed E-state index contributed by atoms with van der Waals surface area (Å²) in [5.41, 5.74) is 1.28. The minimum atomic E-state index is -3.99. The Balaban J connectivity index is 1.21. The van der Waals surface area contributed by atoms with Gasteiger partial charge in [0.25, 0.3) is 0 Å². The van der Waals surface area contributed by atoms with Gasteiger partial charge >= 0.3 is 0 Å². The van der Waals surface area contributed by atoms with Gasteiger partial charge < -0.3 is 14.3 Å². The molecule has 2 fully saturated rings. The number of benzene rings is 2. The smallest absolute Gasteiger partial charge is 0.248 e. The maximum absolute atomic E-state index is 14.0. The highest BCUT2D eigenvalue weighted by molar-refractivity contribution is 7.89. The summed E-state index contributed by atoms with van der Waals surface area (Å²) in [7, 11) is -3.99. The summed E-state index contributed by atoms with van der Waals surface area (Å²) in [5, 5.41) is 4.48. The number of hydrogen-bond donors (Lipinski definition) is 0. The minimum Gasteiger partial charge on any atom is -0.368 e. The molecule has 12 heteroatoms. The highest BCUT2D eigenvalue weighted by atomic mass is 35.5. The highest BCUT2D eigenvalue weighted by Crippen LogP contribution is 2.30. The largest absolute Gasteiger partial charge is 0.368 e. The van der Waals surface area contributed by atoms with Gasteiger partial charge in [-0.15, -0.1) is 0 Å². The van der Waals surface area contributed by atoms with Crippen LogP contribution in [-0.4, -0.2) is 68.0 Å². The predicted molar refractivity (Wildman–Crippen MR) is 148 cm³/mol. The SMILES string of the molecule is Cc1noc(/C=C/c2ccc(F)cc2F)c1S(=O)(=O)N1CCC(C(=O)N2CCN(c3cccc(Cl)c3)CC2)CC1. The third-order valence-corrected chi connectivity index (χ3v) is 9.67. The van der Waals surface area contributed by atoms with E-state index in [9.17, 15) is 22.0 Å². The third-order valence-electron chi connectivity index (χ3n) is 7.38. The lowest BCUT2D eigenvalue weighted by atomic mass is 9.96. The molecule has 0 radical (unpaired) electrons. The number of piperidine rings is 1. The van der Waals surface area contributed by atoms with Crippen LogP contribution in [0, 0.1) is 24.5 Å². The van der Waals surface area contributed by atoms with Crippen LogP contribution in [0.25, 0.3) is 12.2 Å². The molecule has 0 spiro atoms. The van der Waals surface area contributed by atoms with Crippen LogP contribution in [0.4, 0.5) is 14.5 Å². The Bertz CT molecular complexity index is 1530. The molecule has 3 aromatic rings. The Hall–Kier alpha value is -3.28. The zero-order valence-electron chi connectivity index (χ0n) is 21.9. The predicted octanol–water partition coefficient (Wildman–Crippen LogP) is 4.83. The second kappa shape index (κ2) is 11.7. The maximum atomic E-state index is 14.0. The number of nitrogens with zero attached hydrogens (tertiary/aromatic N) is 4. The lowest BCUT2D eigenvalue weighted by Crippen LogP contribution is -2.52. The van der Waals surface area contributed by atoms with Gasteiger partial charge in [0.1, 0.15) is 17.3 Å². The summed E-state index contributed by atoms with van der Waals surface area (Å²) in [6.07, 6.45) is 3.43. The van der Waals surface area contributed by atoms with Crippen LogP contribution in [0.2, 0.25) is 5.02 Å². The summed E-state index contributed by atoms with van der Waals surface area (Å²) in [6.45, 7) is 4.46. The zero-order chi connectivity index (χ0) is 28.4. The Morgan fingerprint density at radius 2 is 1.75 bits per heavy atom. The van der Waals surface area contributed by atoms with Crippen LogP contribution < -0.4 is 4.90 Å². The van der Waals surface area contributed by atoms with Crippen LogP contribution >= 0.6 is 11.6 Å². The molecule has 0 unspecified atom stereocenters. The van der Waals surface area contributed by atoms with Crippen molar-refractivity contribution in [2.75, 3.05) is 44.2 Å². The molecule has 2 aliphatic heterocycles. The van der Waals surface area contributed by atoms with E-state index < -0.39 is 21.7 Å². The number of amides is 1. The first-order valence-electron chi connectivity index (χ1n) is 13.0. The van der Waals surface area contributed by atoms with Gasteiger partial charge in [0, 0.05) is 67.5 Å². The van der Waals surface area contributed by atoms with Gasteiger partial charge in [0.05, 0.1) is 0 Å². The molecule has 0 aliphatic carbocycles. The van der Waals surface area contributed by atoms with Crippen molar-refractivity contribution < 1.29 is 26.5 Å². The van der Waals surface area contributed by atoms with E-state index in [1.54, 1.807) is 0 Å². The van der Waals surface area contributed by atoms with E-state index in [2.05, 4.69) is 10.1 Å². The molecule has 40 heavy (non-hydrogen) atoms. The van der Waals surface area contributed by atoms with Gasteiger partial charge in [0.15, 0.2) is 10.7 Å². The molecule has 0 saturated carbocycles. The Labute approximate surface area is 236 Å². The Morgan fingerprint density at radius 3 is 2.42 bits per heavy atom. The molecule has 0 atom stereocenters. The fraction of sp³-hybridized carbons (Fsp3) is 0.357. The second-order valence-corrected chi connectivity index (χ2v) is 12.2. The molecule has 0 bridgehead atoms. The molecule has 2 aliphatic rings. The molecule has 3 heterocycles. The lowest BCUT2D eigenvalue weighted by Gasteiger charge is -2.39. The van der Waals surface area contributed by atoms with Crippen molar-refractivity contribution in [2.24, 2.45) is 5.92 Å². The lowest BCUT2D eigenvalue weighted by molar-refractivity contribution is -0.137. The van der Waals surface area contributed by atoms with Crippen molar-refractivity contribution in [1.82, 2.24) is 14.4 Å². The van der Waals surface area contributed by atoms with E-state index in [0.29, 0.717) is 44.0 Å². The van der Waals surface area contributed by atoms with Gasteiger partial charge in [-0.25, -0.2) is 17.2 Å². The highest BCUT2D eigenvalue weighted by Gasteiger charge is 2.37. The Morgan fingerprint density at radius 1 is 1.02 bits per heavy atom. The number of anilines is 1. The number of rotatable bonds is 6. The first kappa shape index (κ1) is 28.3. The van der Waals surface area contributed by atoms with Crippen LogP contribution in [0.1, 0.15) is 29.9 Å². The first-order chi connectivity index (χ1) is 19.1. The molecule has 8 nitrogen and oxygen atoms in total. The minimum absolute atomic E-state index is 0.0444. The van der Waals surface area contributed by atoms with Gasteiger partial charge in [0.2, 0.25) is 15.9 Å². The number of hydrogen-bond acceptors (Lipinski definition) is 6. The van der Waals surface area contributed by atoms with Gasteiger partial charge in [-0.3, -0.25) is 4.79 Å². The van der Waals surface area contributed by atoms with E-state index in [1.165, 1.54) is 29.4 Å². The third kappa shape index (κ3) is 5.91. The quantitative estimate of drug-likeness (QED) is 0.409. The number of aryl methyl sites for hydroxylation is 1. The van der Waals surface area contributed by atoms with E-state index in [4.69, 9.17) is 16.1 Å². The van der Waals surface area contributed by atoms with Crippen LogP contribution in [-0.2, 0) is 14.8 Å². The van der Waals surface area contributed by atoms with Gasteiger partial charge in [-0.2, -0.15) is 4.31 Å². The molecular formula is C28H29ClF2N4O4S. The van der Waals surface area contributed by atoms with Crippen molar-refractivity contribution in [3.8, 4) is 0 Å². The molecule has 1 amide bonds. The number of sulfonamides is 1. The standard InChI is InChI=1S/C28H29ClF2N4O4S/c1-19-27(26(39-32-19)8-6-20-5-7-23(30)18-25(20)31)40(37,38)35-11-9-21(10-12-35)28(36)34-15-13-33(14-16-34)24-4-2-3-22(29)17-24/h2-8,17-18,21H,9-16H2,1H3/b8-6+. The number of carbonyl (C=O) groups is 1. The molecule has 0 N–H and O–H groups in total. The van der Waals surface area contributed by atoms with Crippen molar-refractivity contribution in [3.05, 3.63) is 76.1 Å². The fourth-order valence-electron chi connectivity index (χ4n) is 5.19. The maximum Gasteiger partial charge on any atom is 0.248 e. The number of carbonyl (C=O) groups excluding carboxylic acids is 1.